The standard InChI is InChI=1S/C20H18N2/c1-7-17-9-13(3)19(14(4)10-17)21-22-20-15(5)11-18(8-2)12-16(20)6/h1-2,9-12H,3-6H3/b22-21+. The number of nitrogens with zero attached hydrogens (tertiary/aromatic N) is 2. The third-order valence-corrected chi connectivity index (χ3v) is 3.57. The molecule has 2 aromatic rings. The lowest BCUT2D eigenvalue weighted by Gasteiger charge is -2.07. The molecule has 0 aliphatic rings. The lowest BCUT2D eigenvalue weighted by Crippen LogP contribution is -1.86. The minimum absolute atomic E-state index is 0.860. The van der Waals surface area contributed by atoms with Crippen LogP contribution in [0.5, 0.6) is 0 Å². The van der Waals surface area contributed by atoms with E-state index in [0.717, 1.165) is 44.8 Å². The van der Waals surface area contributed by atoms with E-state index >= 15 is 0 Å². The van der Waals surface area contributed by atoms with E-state index in [1.807, 2.05) is 52.0 Å². The molecule has 0 unspecified atom stereocenters. The van der Waals surface area contributed by atoms with Gasteiger partial charge in [-0.05, 0) is 74.2 Å². The van der Waals surface area contributed by atoms with Crippen LogP contribution in [0.25, 0.3) is 0 Å². The second-order valence-electron chi connectivity index (χ2n) is 5.41. The van der Waals surface area contributed by atoms with Crippen molar-refractivity contribution in [1.29, 1.82) is 0 Å². The van der Waals surface area contributed by atoms with Crippen LogP contribution in [0.15, 0.2) is 34.5 Å². The van der Waals surface area contributed by atoms with Crippen molar-refractivity contribution in [2.45, 2.75) is 27.7 Å². The fourth-order valence-electron chi connectivity index (χ4n) is 2.49. The van der Waals surface area contributed by atoms with E-state index in [0.29, 0.717) is 0 Å². The molecule has 0 saturated carbocycles. The van der Waals surface area contributed by atoms with E-state index in [2.05, 4.69) is 22.1 Å². The molecular formula is C20H18N2. The van der Waals surface area contributed by atoms with Gasteiger partial charge >= 0.3 is 0 Å². The first-order valence-corrected chi connectivity index (χ1v) is 7.03. The number of azo groups is 1. The zero-order valence-electron chi connectivity index (χ0n) is 13.4. The summed E-state index contributed by atoms with van der Waals surface area (Å²) in [7, 11) is 0. The van der Waals surface area contributed by atoms with Gasteiger partial charge in [0.25, 0.3) is 0 Å². The molecular weight excluding hydrogens is 268 g/mol. The summed E-state index contributed by atoms with van der Waals surface area (Å²) < 4.78 is 0. The first-order chi connectivity index (χ1) is 10.5. The third-order valence-electron chi connectivity index (χ3n) is 3.57. The van der Waals surface area contributed by atoms with Crippen LogP contribution in [0.4, 0.5) is 11.4 Å². The Labute approximate surface area is 132 Å². The fraction of sp³-hybridized carbons (Fsp3) is 0.200. The number of rotatable bonds is 2. The molecule has 0 radical (unpaired) electrons. The maximum atomic E-state index is 5.45. The van der Waals surface area contributed by atoms with Crippen molar-refractivity contribution >= 4 is 11.4 Å². The highest BCUT2D eigenvalue weighted by atomic mass is 15.1. The molecule has 2 nitrogen and oxygen atoms in total. The van der Waals surface area contributed by atoms with Crippen LogP contribution in [0.2, 0.25) is 0 Å². The lowest BCUT2D eigenvalue weighted by molar-refractivity contribution is 1.15. The van der Waals surface area contributed by atoms with Gasteiger partial charge in [0.05, 0.1) is 11.4 Å². The third kappa shape index (κ3) is 3.08. The van der Waals surface area contributed by atoms with Crippen molar-refractivity contribution in [2.75, 3.05) is 0 Å². The van der Waals surface area contributed by atoms with Gasteiger partial charge in [0, 0.05) is 11.1 Å². The minimum Gasteiger partial charge on any atom is -0.150 e. The second kappa shape index (κ2) is 6.29. The van der Waals surface area contributed by atoms with Gasteiger partial charge < -0.3 is 0 Å². The summed E-state index contributed by atoms with van der Waals surface area (Å²) in [6.45, 7) is 7.96. The summed E-state index contributed by atoms with van der Waals surface area (Å²) in [5, 5.41) is 8.87. The van der Waals surface area contributed by atoms with E-state index in [-0.39, 0.29) is 0 Å². The first kappa shape index (κ1) is 15.5. The number of aryl methyl sites for hydroxylation is 4. The maximum Gasteiger partial charge on any atom is 0.0916 e. The topological polar surface area (TPSA) is 24.7 Å². The fourth-order valence-corrected chi connectivity index (χ4v) is 2.49. The smallest absolute Gasteiger partial charge is 0.0916 e. The molecule has 0 atom stereocenters. The number of terminal acetylenes is 2. The highest BCUT2D eigenvalue weighted by Crippen LogP contribution is 2.30. The second-order valence-corrected chi connectivity index (χ2v) is 5.41. The molecule has 0 aliphatic carbocycles. The largest absolute Gasteiger partial charge is 0.150 e. The predicted molar refractivity (Wildman–Crippen MR) is 91.9 cm³/mol. The van der Waals surface area contributed by atoms with E-state index in [4.69, 9.17) is 12.8 Å². The SMILES string of the molecule is C#Cc1cc(C)c(/N=N/c2c(C)cc(C#C)cc2C)c(C)c1. The van der Waals surface area contributed by atoms with Crippen molar-refractivity contribution in [2.24, 2.45) is 10.2 Å². The molecule has 2 heteroatoms. The Morgan fingerprint density at radius 2 is 0.909 bits per heavy atom. The molecule has 108 valence electrons. The van der Waals surface area contributed by atoms with Crippen LogP contribution in [0.3, 0.4) is 0 Å². The predicted octanol–water partition coefficient (Wildman–Crippen LogP) is 5.30. The van der Waals surface area contributed by atoms with Gasteiger partial charge in [-0.25, -0.2) is 0 Å². The van der Waals surface area contributed by atoms with Crippen LogP contribution in [-0.2, 0) is 0 Å². The monoisotopic (exact) mass is 286 g/mol. The van der Waals surface area contributed by atoms with Crippen LogP contribution in [0, 0.1) is 52.4 Å². The number of hydrogen-bond donors (Lipinski definition) is 0. The molecule has 0 amide bonds. The van der Waals surface area contributed by atoms with Crippen molar-refractivity contribution in [1.82, 2.24) is 0 Å². The van der Waals surface area contributed by atoms with Crippen molar-refractivity contribution in [3.05, 3.63) is 57.6 Å². The normalized spacial score (nSPS) is 10.5. The van der Waals surface area contributed by atoms with E-state index in [1.54, 1.807) is 0 Å². The molecule has 0 heterocycles. The van der Waals surface area contributed by atoms with E-state index in [9.17, 15) is 0 Å². The Morgan fingerprint density at radius 1 is 0.636 bits per heavy atom. The summed E-state index contributed by atoms with van der Waals surface area (Å²) in [5.74, 6) is 5.30. The summed E-state index contributed by atoms with van der Waals surface area (Å²) in [4.78, 5) is 0. The molecule has 0 aromatic heterocycles. The highest BCUT2D eigenvalue weighted by Gasteiger charge is 2.06. The summed E-state index contributed by atoms with van der Waals surface area (Å²) in [6.07, 6.45) is 10.9. The van der Waals surface area contributed by atoms with Crippen molar-refractivity contribution < 1.29 is 0 Å². The quantitative estimate of drug-likeness (QED) is 0.529. The average Bonchev–Trinajstić information content (AvgIpc) is 2.47. The first-order valence-electron chi connectivity index (χ1n) is 7.03. The average molecular weight is 286 g/mol. The Morgan fingerprint density at radius 3 is 1.14 bits per heavy atom. The van der Waals surface area contributed by atoms with E-state index in [1.165, 1.54) is 0 Å². The number of hydrogen-bond acceptors (Lipinski definition) is 2. The highest BCUT2D eigenvalue weighted by molar-refractivity contribution is 5.59. The maximum absolute atomic E-state index is 5.45. The minimum atomic E-state index is 0.860. The van der Waals surface area contributed by atoms with Gasteiger partial charge in [-0.3, -0.25) is 0 Å². The summed E-state index contributed by atoms with van der Waals surface area (Å²) in [5.41, 5.74) is 7.52. The van der Waals surface area contributed by atoms with Crippen LogP contribution < -0.4 is 0 Å². The summed E-state index contributed by atoms with van der Waals surface area (Å²) in [6, 6.07) is 7.79. The zero-order chi connectivity index (χ0) is 16.3. The molecule has 0 fully saturated rings. The van der Waals surface area contributed by atoms with Gasteiger partial charge in [0.2, 0.25) is 0 Å². The Balaban J connectivity index is 2.47. The Kier molecular flexibility index (Phi) is 4.44. The Hall–Kier alpha value is -2.84. The van der Waals surface area contributed by atoms with Crippen LogP contribution in [-0.4, -0.2) is 0 Å². The molecule has 0 bridgehead atoms. The molecule has 22 heavy (non-hydrogen) atoms. The van der Waals surface area contributed by atoms with Gasteiger partial charge in [0.15, 0.2) is 0 Å². The zero-order valence-corrected chi connectivity index (χ0v) is 13.4. The molecule has 2 rings (SSSR count). The van der Waals surface area contributed by atoms with Gasteiger partial charge in [-0.15, -0.1) is 23.1 Å². The molecule has 0 saturated heterocycles. The molecule has 2 aromatic carbocycles. The van der Waals surface area contributed by atoms with Gasteiger partial charge in [0.1, 0.15) is 0 Å². The van der Waals surface area contributed by atoms with Gasteiger partial charge in [-0.2, -0.15) is 0 Å². The number of benzene rings is 2. The molecule has 0 N–H and O–H groups in total. The Bertz CT molecular complexity index is 725. The van der Waals surface area contributed by atoms with Crippen molar-refractivity contribution in [3.63, 3.8) is 0 Å². The van der Waals surface area contributed by atoms with Gasteiger partial charge in [-0.1, -0.05) is 11.8 Å². The van der Waals surface area contributed by atoms with Crippen LogP contribution >= 0.6 is 0 Å². The molecule has 0 spiro atoms. The molecule has 0 aliphatic heterocycles. The van der Waals surface area contributed by atoms with Crippen molar-refractivity contribution in [3.8, 4) is 24.7 Å². The summed E-state index contributed by atoms with van der Waals surface area (Å²) >= 11 is 0. The van der Waals surface area contributed by atoms with E-state index < -0.39 is 0 Å². The van der Waals surface area contributed by atoms with Crippen LogP contribution in [0.1, 0.15) is 33.4 Å². The lowest BCUT2D eigenvalue weighted by atomic mass is 10.0.